The molecule has 0 fully saturated rings. The molecule has 3 rings (SSSR count). The molecule has 0 aliphatic heterocycles. The summed E-state index contributed by atoms with van der Waals surface area (Å²) in [7, 11) is 0. The number of anilines is 1. The van der Waals surface area contributed by atoms with E-state index in [0.29, 0.717) is 10.9 Å². The van der Waals surface area contributed by atoms with E-state index in [2.05, 4.69) is 20.9 Å². The third-order valence-corrected chi connectivity index (χ3v) is 3.90. The fourth-order valence-corrected chi connectivity index (χ4v) is 2.80. The predicted octanol–water partition coefficient (Wildman–Crippen LogP) is 4.02. The molecule has 0 spiro atoms. The van der Waals surface area contributed by atoms with Crippen LogP contribution in [-0.2, 0) is 0 Å². The highest BCUT2D eigenvalue weighted by molar-refractivity contribution is 9.10. The Morgan fingerprint density at radius 3 is 2.62 bits per heavy atom. The van der Waals surface area contributed by atoms with Gasteiger partial charge in [0.1, 0.15) is 0 Å². The molecule has 0 atom stereocenters. The van der Waals surface area contributed by atoms with E-state index >= 15 is 0 Å². The second-order valence-electron chi connectivity index (χ2n) is 4.55. The molecule has 1 aromatic heterocycles. The fourth-order valence-electron chi connectivity index (χ4n) is 2.22. The number of H-pyrrole nitrogens is 1. The van der Waals surface area contributed by atoms with Gasteiger partial charge in [-0.3, -0.25) is 4.79 Å². The molecular weight excluding hydrogens is 342 g/mol. The molecule has 6 heteroatoms. The lowest BCUT2D eigenvalue weighted by molar-refractivity contribution is 0.104. The zero-order valence-corrected chi connectivity index (χ0v) is 12.2. The summed E-state index contributed by atoms with van der Waals surface area (Å²) < 4.78 is 27.2. The molecule has 21 heavy (non-hydrogen) atoms. The van der Waals surface area contributed by atoms with E-state index in [1.165, 1.54) is 6.20 Å². The average Bonchev–Trinajstić information content (AvgIpc) is 2.87. The van der Waals surface area contributed by atoms with E-state index in [0.717, 1.165) is 22.1 Å². The van der Waals surface area contributed by atoms with E-state index < -0.39 is 17.4 Å². The van der Waals surface area contributed by atoms with Crippen LogP contribution in [-0.4, -0.2) is 10.8 Å². The Hall–Kier alpha value is -2.21. The number of benzene rings is 2. The van der Waals surface area contributed by atoms with Gasteiger partial charge < -0.3 is 10.7 Å². The highest BCUT2D eigenvalue weighted by atomic mass is 79.9. The molecule has 2 aromatic carbocycles. The predicted molar refractivity (Wildman–Crippen MR) is 80.2 cm³/mol. The van der Waals surface area contributed by atoms with Crippen molar-refractivity contribution in [3.63, 3.8) is 0 Å². The highest BCUT2D eigenvalue weighted by Gasteiger charge is 2.20. The van der Waals surface area contributed by atoms with Crippen molar-refractivity contribution in [2.45, 2.75) is 0 Å². The van der Waals surface area contributed by atoms with Crippen LogP contribution in [0.5, 0.6) is 0 Å². The summed E-state index contributed by atoms with van der Waals surface area (Å²) >= 11 is 3.37. The SMILES string of the molecule is Nc1cc(F)c(F)cc1C(=O)c1c[nH]c2cccc(Br)c12. The molecular formula is C15H9BrF2N2O. The minimum absolute atomic E-state index is 0.0643. The number of nitrogens with two attached hydrogens (primary N) is 1. The first-order valence-electron chi connectivity index (χ1n) is 6.04. The van der Waals surface area contributed by atoms with Gasteiger partial charge >= 0.3 is 0 Å². The first kappa shape index (κ1) is 13.8. The van der Waals surface area contributed by atoms with Gasteiger partial charge in [-0.1, -0.05) is 22.0 Å². The lowest BCUT2D eigenvalue weighted by Gasteiger charge is -2.06. The number of carbonyl (C=O) groups excluding carboxylic acids is 1. The van der Waals surface area contributed by atoms with E-state index in [1.807, 2.05) is 12.1 Å². The van der Waals surface area contributed by atoms with Crippen LogP contribution in [0.3, 0.4) is 0 Å². The van der Waals surface area contributed by atoms with E-state index in [-0.39, 0.29) is 11.3 Å². The number of hydrogen-bond donors (Lipinski definition) is 2. The number of aromatic amines is 1. The molecule has 3 aromatic rings. The van der Waals surface area contributed by atoms with Crippen molar-refractivity contribution >= 4 is 38.3 Å². The number of nitrogen functional groups attached to an aromatic ring is 1. The minimum atomic E-state index is -1.11. The van der Waals surface area contributed by atoms with Crippen molar-refractivity contribution in [3.8, 4) is 0 Å². The molecule has 3 N–H and O–H groups in total. The van der Waals surface area contributed by atoms with Crippen molar-refractivity contribution < 1.29 is 13.6 Å². The molecule has 0 radical (unpaired) electrons. The Morgan fingerprint density at radius 2 is 1.86 bits per heavy atom. The fraction of sp³-hybridized carbons (Fsp3) is 0. The molecule has 0 amide bonds. The Morgan fingerprint density at radius 1 is 1.14 bits per heavy atom. The topological polar surface area (TPSA) is 58.9 Å². The maximum atomic E-state index is 13.4. The number of aromatic nitrogens is 1. The standard InChI is InChI=1S/C15H9BrF2N2O/c16-9-2-1-3-13-14(9)8(6-20-13)15(21)7-4-10(17)11(18)5-12(7)19/h1-6,20H,19H2. The monoisotopic (exact) mass is 350 g/mol. The molecule has 0 saturated carbocycles. The van der Waals surface area contributed by atoms with Crippen LogP contribution in [0.1, 0.15) is 15.9 Å². The third-order valence-electron chi connectivity index (χ3n) is 3.24. The zero-order valence-electron chi connectivity index (χ0n) is 10.6. The van der Waals surface area contributed by atoms with E-state index in [9.17, 15) is 13.6 Å². The highest BCUT2D eigenvalue weighted by Crippen LogP contribution is 2.30. The molecule has 3 nitrogen and oxygen atoms in total. The van der Waals surface area contributed by atoms with Gasteiger partial charge in [-0.25, -0.2) is 8.78 Å². The summed E-state index contributed by atoms with van der Waals surface area (Å²) in [6, 6.07) is 7.06. The van der Waals surface area contributed by atoms with Crippen LogP contribution in [0, 0.1) is 11.6 Å². The van der Waals surface area contributed by atoms with Gasteiger partial charge in [-0.2, -0.15) is 0 Å². The third kappa shape index (κ3) is 2.21. The lowest BCUT2D eigenvalue weighted by Crippen LogP contribution is -2.07. The summed E-state index contributed by atoms with van der Waals surface area (Å²) in [5.41, 5.74) is 6.57. The second-order valence-corrected chi connectivity index (χ2v) is 5.40. The normalized spacial score (nSPS) is 11.0. The minimum Gasteiger partial charge on any atom is -0.398 e. The van der Waals surface area contributed by atoms with Crippen LogP contribution in [0.15, 0.2) is 41.0 Å². The van der Waals surface area contributed by atoms with Gasteiger partial charge in [0, 0.05) is 44.5 Å². The smallest absolute Gasteiger partial charge is 0.197 e. The molecule has 0 saturated heterocycles. The molecule has 0 aliphatic rings. The summed E-state index contributed by atoms with van der Waals surface area (Å²) in [6.07, 6.45) is 1.53. The van der Waals surface area contributed by atoms with Crippen molar-refractivity contribution in [2.75, 3.05) is 5.73 Å². The molecule has 1 heterocycles. The number of hydrogen-bond acceptors (Lipinski definition) is 2. The van der Waals surface area contributed by atoms with Crippen LogP contribution in [0.4, 0.5) is 14.5 Å². The van der Waals surface area contributed by atoms with Gasteiger partial charge in [0.2, 0.25) is 0 Å². The van der Waals surface area contributed by atoms with Gasteiger partial charge in [0.25, 0.3) is 0 Å². The Kier molecular flexibility index (Phi) is 3.25. The summed E-state index contributed by atoms with van der Waals surface area (Å²) in [5.74, 6) is -2.65. The molecule has 106 valence electrons. The second kappa shape index (κ2) is 4.96. The number of carbonyl (C=O) groups is 1. The van der Waals surface area contributed by atoms with E-state index in [4.69, 9.17) is 5.73 Å². The van der Waals surface area contributed by atoms with Crippen LogP contribution in [0.25, 0.3) is 10.9 Å². The van der Waals surface area contributed by atoms with Gasteiger partial charge in [0.05, 0.1) is 0 Å². The largest absolute Gasteiger partial charge is 0.398 e. The van der Waals surface area contributed by atoms with Crippen LogP contribution < -0.4 is 5.73 Å². The van der Waals surface area contributed by atoms with Crippen LogP contribution in [0.2, 0.25) is 0 Å². The first-order valence-corrected chi connectivity index (χ1v) is 6.83. The molecule has 0 aliphatic carbocycles. The molecule has 0 unspecified atom stereocenters. The summed E-state index contributed by atoms with van der Waals surface area (Å²) in [5, 5.41) is 0.673. The maximum absolute atomic E-state index is 13.4. The van der Waals surface area contributed by atoms with Crippen molar-refractivity contribution in [2.24, 2.45) is 0 Å². The summed E-state index contributed by atoms with van der Waals surface area (Å²) in [4.78, 5) is 15.5. The zero-order chi connectivity index (χ0) is 15.1. The number of halogens is 3. The van der Waals surface area contributed by atoms with Gasteiger partial charge in [0.15, 0.2) is 17.4 Å². The number of fused-ring (bicyclic) bond motifs is 1. The lowest BCUT2D eigenvalue weighted by atomic mass is 10.0. The number of rotatable bonds is 2. The average molecular weight is 351 g/mol. The summed E-state index contributed by atoms with van der Waals surface area (Å²) in [6.45, 7) is 0. The van der Waals surface area contributed by atoms with Crippen molar-refractivity contribution in [3.05, 3.63) is 63.8 Å². The van der Waals surface area contributed by atoms with Crippen molar-refractivity contribution in [1.82, 2.24) is 4.98 Å². The maximum Gasteiger partial charge on any atom is 0.197 e. The first-order chi connectivity index (χ1) is 9.99. The van der Waals surface area contributed by atoms with Crippen LogP contribution >= 0.6 is 15.9 Å². The number of ketones is 1. The Labute approximate surface area is 126 Å². The molecule has 0 bridgehead atoms. The number of nitrogens with one attached hydrogen (secondary N) is 1. The Bertz CT molecular complexity index is 873. The van der Waals surface area contributed by atoms with Gasteiger partial charge in [-0.05, 0) is 18.2 Å². The quantitative estimate of drug-likeness (QED) is 0.541. The van der Waals surface area contributed by atoms with Gasteiger partial charge in [-0.15, -0.1) is 0 Å². The van der Waals surface area contributed by atoms with E-state index in [1.54, 1.807) is 6.07 Å². The Balaban J connectivity index is 2.20. The van der Waals surface area contributed by atoms with Crippen molar-refractivity contribution in [1.29, 1.82) is 0 Å².